The van der Waals surface area contributed by atoms with Crippen LogP contribution in [0.3, 0.4) is 0 Å². The number of hydrogen-bond donors (Lipinski definition) is 1. The number of carbonyl (C=O) groups is 2. The number of amides is 1. The van der Waals surface area contributed by atoms with Crippen molar-refractivity contribution in [3.05, 3.63) is 42.1 Å². The molecule has 98 valence electrons. The first-order valence-corrected chi connectivity index (χ1v) is 5.87. The van der Waals surface area contributed by atoms with Crippen molar-refractivity contribution in [3.8, 4) is 0 Å². The first kappa shape index (κ1) is 13.0. The molecule has 0 radical (unpaired) electrons. The Bertz CT molecular complexity index is 605. The van der Waals surface area contributed by atoms with Crippen LogP contribution in [0.4, 0.5) is 0 Å². The van der Waals surface area contributed by atoms with E-state index in [1.165, 1.54) is 7.11 Å². The Labute approximate surface area is 110 Å². The fourth-order valence-electron chi connectivity index (χ4n) is 1.79. The number of fused-ring (bicyclic) bond motifs is 1. The Morgan fingerprint density at radius 1 is 1.26 bits per heavy atom. The van der Waals surface area contributed by atoms with Gasteiger partial charge in [-0.05, 0) is 11.6 Å². The van der Waals surface area contributed by atoms with Crippen molar-refractivity contribution in [3.63, 3.8) is 0 Å². The zero-order valence-electron chi connectivity index (χ0n) is 10.6. The number of esters is 1. The third-order valence-corrected chi connectivity index (χ3v) is 2.72. The number of carbonyl (C=O) groups excluding carboxylic acids is 2. The van der Waals surface area contributed by atoms with E-state index in [9.17, 15) is 9.59 Å². The number of ether oxygens (including phenoxy) is 1. The topological polar surface area (TPSA) is 68.3 Å². The predicted molar refractivity (Wildman–Crippen MR) is 70.5 cm³/mol. The van der Waals surface area contributed by atoms with Gasteiger partial charge in [0.05, 0.1) is 19.0 Å². The second-order valence-electron chi connectivity index (χ2n) is 4.02. The average molecular weight is 258 g/mol. The predicted octanol–water partition coefficient (Wildman–Crippen LogP) is 1.07. The summed E-state index contributed by atoms with van der Waals surface area (Å²) < 4.78 is 4.46. The molecule has 2 rings (SSSR count). The van der Waals surface area contributed by atoms with E-state index in [4.69, 9.17) is 0 Å². The molecule has 0 aliphatic heterocycles. The summed E-state index contributed by atoms with van der Waals surface area (Å²) >= 11 is 0. The number of hydrogen-bond acceptors (Lipinski definition) is 4. The molecule has 5 nitrogen and oxygen atoms in total. The van der Waals surface area contributed by atoms with Crippen LogP contribution in [0, 0.1) is 0 Å². The van der Waals surface area contributed by atoms with Gasteiger partial charge < -0.3 is 10.1 Å². The Kier molecular flexibility index (Phi) is 4.07. The number of nitrogens with one attached hydrogen (secondary N) is 1. The first-order valence-electron chi connectivity index (χ1n) is 5.87. The number of para-hydroxylation sites is 1. The molecule has 0 saturated heterocycles. The van der Waals surface area contributed by atoms with Gasteiger partial charge in [-0.2, -0.15) is 0 Å². The molecule has 1 aromatic carbocycles. The molecule has 1 aromatic heterocycles. The number of methoxy groups -OCH3 is 1. The fraction of sp³-hybridized carbons (Fsp3) is 0.214. The van der Waals surface area contributed by atoms with Gasteiger partial charge in [0.15, 0.2) is 0 Å². The fourth-order valence-corrected chi connectivity index (χ4v) is 1.79. The Hall–Kier alpha value is -2.43. The summed E-state index contributed by atoms with van der Waals surface area (Å²) in [6.45, 7) is -0.118. The molecule has 0 atom stereocenters. The van der Waals surface area contributed by atoms with Crippen LogP contribution in [-0.4, -0.2) is 30.5 Å². The number of nitrogens with zero attached hydrogens (tertiary/aromatic N) is 1. The van der Waals surface area contributed by atoms with E-state index in [1.807, 2.05) is 30.3 Å². The SMILES string of the molecule is COC(=O)CNC(=O)Cc1cccc2cccnc12. The average Bonchev–Trinajstić information content (AvgIpc) is 2.45. The van der Waals surface area contributed by atoms with E-state index in [0.717, 1.165) is 16.5 Å². The lowest BCUT2D eigenvalue weighted by molar-refractivity contribution is -0.141. The van der Waals surface area contributed by atoms with Crippen molar-refractivity contribution in [2.75, 3.05) is 13.7 Å². The monoisotopic (exact) mass is 258 g/mol. The van der Waals surface area contributed by atoms with Crippen LogP contribution in [-0.2, 0) is 20.7 Å². The normalized spacial score (nSPS) is 10.2. The second kappa shape index (κ2) is 5.95. The van der Waals surface area contributed by atoms with Crippen LogP contribution in [0.2, 0.25) is 0 Å². The second-order valence-corrected chi connectivity index (χ2v) is 4.02. The van der Waals surface area contributed by atoms with Crippen LogP contribution in [0.25, 0.3) is 10.9 Å². The van der Waals surface area contributed by atoms with Crippen LogP contribution >= 0.6 is 0 Å². The smallest absolute Gasteiger partial charge is 0.325 e. The molecule has 1 heterocycles. The van der Waals surface area contributed by atoms with E-state index < -0.39 is 5.97 Å². The Morgan fingerprint density at radius 3 is 2.84 bits per heavy atom. The van der Waals surface area contributed by atoms with Crippen molar-refractivity contribution in [2.45, 2.75) is 6.42 Å². The summed E-state index contributed by atoms with van der Waals surface area (Å²) in [5, 5.41) is 3.49. The van der Waals surface area contributed by atoms with Gasteiger partial charge in [-0.25, -0.2) is 0 Å². The highest BCUT2D eigenvalue weighted by atomic mass is 16.5. The maximum absolute atomic E-state index is 11.7. The van der Waals surface area contributed by atoms with Crippen LogP contribution in [0.1, 0.15) is 5.56 Å². The summed E-state index contributed by atoms with van der Waals surface area (Å²) in [5.74, 6) is -0.701. The van der Waals surface area contributed by atoms with Gasteiger partial charge in [-0.1, -0.05) is 24.3 Å². The van der Waals surface area contributed by atoms with Crippen molar-refractivity contribution < 1.29 is 14.3 Å². The summed E-state index contributed by atoms with van der Waals surface area (Å²) in [6, 6.07) is 9.47. The lowest BCUT2D eigenvalue weighted by Gasteiger charge is -2.06. The maximum Gasteiger partial charge on any atom is 0.325 e. The number of benzene rings is 1. The molecule has 5 heteroatoms. The van der Waals surface area contributed by atoms with E-state index >= 15 is 0 Å². The molecule has 0 bridgehead atoms. The minimum atomic E-state index is -0.468. The summed E-state index contributed by atoms with van der Waals surface area (Å²) in [5.41, 5.74) is 1.64. The minimum absolute atomic E-state index is 0.118. The molecule has 0 fully saturated rings. The van der Waals surface area contributed by atoms with E-state index in [-0.39, 0.29) is 18.9 Å². The molecule has 19 heavy (non-hydrogen) atoms. The van der Waals surface area contributed by atoms with E-state index in [0.29, 0.717) is 0 Å². The molecule has 0 saturated carbocycles. The highest BCUT2D eigenvalue weighted by molar-refractivity contribution is 5.88. The molecule has 1 N–H and O–H groups in total. The lowest BCUT2D eigenvalue weighted by Crippen LogP contribution is -2.31. The first-order chi connectivity index (χ1) is 9.20. The third kappa shape index (κ3) is 3.28. The van der Waals surface area contributed by atoms with Crippen LogP contribution in [0.5, 0.6) is 0 Å². The molecule has 0 aliphatic carbocycles. The third-order valence-electron chi connectivity index (χ3n) is 2.72. The molecule has 2 aromatic rings. The van der Waals surface area contributed by atoms with Crippen LogP contribution < -0.4 is 5.32 Å². The quantitative estimate of drug-likeness (QED) is 0.833. The Morgan fingerprint density at radius 2 is 2.05 bits per heavy atom. The highest BCUT2D eigenvalue weighted by Crippen LogP contribution is 2.16. The molecule has 0 spiro atoms. The van der Waals surface area contributed by atoms with Gasteiger partial charge in [0, 0.05) is 11.6 Å². The standard InChI is InChI=1S/C14H14N2O3/c1-19-13(18)9-16-12(17)8-11-5-2-4-10-6-3-7-15-14(10)11/h2-7H,8-9H2,1H3,(H,16,17). The lowest BCUT2D eigenvalue weighted by atomic mass is 10.1. The minimum Gasteiger partial charge on any atom is -0.468 e. The summed E-state index contributed by atoms with van der Waals surface area (Å²) in [6.07, 6.45) is 1.88. The van der Waals surface area contributed by atoms with Gasteiger partial charge in [-0.3, -0.25) is 14.6 Å². The van der Waals surface area contributed by atoms with Crippen molar-refractivity contribution in [1.82, 2.24) is 10.3 Å². The van der Waals surface area contributed by atoms with Crippen LogP contribution in [0.15, 0.2) is 36.5 Å². The molecule has 0 aliphatic rings. The molecular formula is C14H14N2O3. The number of aromatic nitrogens is 1. The number of rotatable bonds is 4. The maximum atomic E-state index is 11.7. The van der Waals surface area contributed by atoms with Crippen molar-refractivity contribution in [2.24, 2.45) is 0 Å². The number of pyridine rings is 1. The summed E-state index contributed by atoms with van der Waals surface area (Å²) in [7, 11) is 1.28. The molecule has 1 amide bonds. The molecular weight excluding hydrogens is 244 g/mol. The highest BCUT2D eigenvalue weighted by Gasteiger charge is 2.09. The zero-order valence-corrected chi connectivity index (χ0v) is 10.6. The van der Waals surface area contributed by atoms with Gasteiger partial charge in [0.2, 0.25) is 5.91 Å². The zero-order chi connectivity index (χ0) is 13.7. The largest absolute Gasteiger partial charge is 0.468 e. The van der Waals surface area contributed by atoms with E-state index in [1.54, 1.807) is 6.20 Å². The molecule has 0 unspecified atom stereocenters. The van der Waals surface area contributed by atoms with Crippen molar-refractivity contribution >= 4 is 22.8 Å². The van der Waals surface area contributed by atoms with Gasteiger partial charge in [-0.15, -0.1) is 0 Å². The summed E-state index contributed by atoms with van der Waals surface area (Å²) in [4.78, 5) is 26.9. The van der Waals surface area contributed by atoms with Crippen molar-refractivity contribution in [1.29, 1.82) is 0 Å². The van der Waals surface area contributed by atoms with Gasteiger partial charge >= 0.3 is 5.97 Å². The Balaban J connectivity index is 2.09. The van der Waals surface area contributed by atoms with E-state index in [2.05, 4.69) is 15.0 Å². The van der Waals surface area contributed by atoms with Gasteiger partial charge in [0.1, 0.15) is 6.54 Å². The van der Waals surface area contributed by atoms with Gasteiger partial charge in [0.25, 0.3) is 0 Å².